The quantitative estimate of drug-likeness (QED) is 0.275. The number of fused-ring (bicyclic) bond motifs is 2. The lowest BCUT2D eigenvalue weighted by molar-refractivity contribution is -0.162. The Kier molecular flexibility index (Phi) is 11.1. The molecule has 0 saturated carbocycles. The number of cyclic esters (lactones) is 1. The Hall–Kier alpha value is -3.80. The van der Waals surface area contributed by atoms with Crippen molar-refractivity contribution >= 4 is 39.6 Å². The second-order valence-electron chi connectivity index (χ2n) is 16.7. The number of likely N-dealkylation sites (tertiary alicyclic amines) is 1. The van der Waals surface area contributed by atoms with Crippen LogP contribution in [0.2, 0.25) is 0 Å². The van der Waals surface area contributed by atoms with E-state index in [1.165, 1.54) is 4.90 Å². The number of halogens is 1. The first-order valence-corrected chi connectivity index (χ1v) is 19.4. The fraction of sp³-hybridized carbons (Fsp3) is 0.524. The molecule has 2 N–H and O–H groups in total. The van der Waals surface area contributed by atoms with Crippen LogP contribution in [0.15, 0.2) is 83.4 Å². The number of ether oxygens (including phenoxy) is 2. The SMILES string of the molecule is C[C@H]1NC(=O)CC/C=C\CN(C(C)(C)CC(C)(C)C)C(=O)[C@@H]2N([C@@H](CO)Cc3ccccc3)C(=O)[C@H]3[C@H](C(=O)O[C@@H]1c1ccccc1)[C@H]1O[C@@]23C=C1Br. The summed E-state index contributed by atoms with van der Waals surface area (Å²) in [6, 6.07) is 16.2. The Morgan fingerprint density at radius 1 is 0.943 bits per heavy atom. The number of hydrogen-bond acceptors (Lipinski definition) is 7. The van der Waals surface area contributed by atoms with Gasteiger partial charge in [-0.25, -0.2) is 0 Å². The van der Waals surface area contributed by atoms with Gasteiger partial charge in [0.25, 0.3) is 0 Å². The molecule has 0 unspecified atom stereocenters. The maximum absolute atomic E-state index is 15.5. The number of hydrogen-bond donors (Lipinski definition) is 2. The first kappa shape index (κ1) is 38.9. The maximum Gasteiger partial charge on any atom is 0.313 e. The van der Waals surface area contributed by atoms with Crippen molar-refractivity contribution in [1.82, 2.24) is 15.1 Å². The van der Waals surface area contributed by atoms with Gasteiger partial charge in [0.05, 0.1) is 24.6 Å². The molecule has 2 aromatic rings. The third-order valence-corrected chi connectivity index (χ3v) is 11.6. The van der Waals surface area contributed by atoms with Crippen LogP contribution >= 0.6 is 15.9 Å². The fourth-order valence-electron chi connectivity index (χ4n) is 9.13. The molecule has 4 aliphatic rings. The standard InChI is InChI=1S/C42H52BrN3O7/c1-26-34(28-18-12-8-13-19-28)52-39(51)32-33-37(49)46(29(24-47)22-27-16-10-7-11-17-27)36(42(33)23-30(43)35(32)53-42)38(50)45(41(5,6)25-40(2,3)4)21-15-9-14-20-31(48)44-26/h7-13,15-19,23,26,29,32-36,47H,14,20-22,24-25H2,1-6H3,(H,44,48)/b15-9-/t26-,29-,32+,33-,34+,35+,36+,42-/m1/s1. The highest BCUT2D eigenvalue weighted by molar-refractivity contribution is 9.11. The highest BCUT2D eigenvalue weighted by Crippen LogP contribution is 2.59. The number of rotatable bonds is 7. The summed E-state index contributed by atoms with van der Waals surface area (Å²) in [6.45, 7) is 12.0. The Morgan fingerprint density at radius 2 is 1.60 bits per heavy atom. The van der Waals surface area contributed by atoms with Crippen LogP contribution in [0.25, 0.3) is 0 Å². The third-order valence-electron chi connectivity index (χ3n) is 11.0. The summed E-state index contributed by atoms with van der Waals surface area (Å²) in [5.74, 6) is -3.84. The number of benzene rings is 2. The monoisotopic (exact) mass is 789 g/mol. The van der Waals surface area contributed by atoms with Gasteiger partial charge < -0.3 is 29.7 Å². The first-order valence-electron chi connectivity index (χ1n) is 18.6. The van der Waals surface area contributed by atoms with Crippen LogP contribution < -0.4 is 5.32 Å². The molecule has 11 heteroatoms. The summed E-state index contributed by atoms with van der Waals surface area (Å²) in [7, 11) is 0. The predicted molar refractivity (Wildman–Crippen MR) is 204 cm³/mol. The van der Waals surface area contributed by atoms with Crippen molar-refractivity contribution in [2.24, 2.45) is 17.3 Å². The van der Waals surface area contributed by atoms with Crippen LogP contribution in [-0.4, -0.2) is 87.1 Å². The molecule has 2 saturated heterocycles. The van der Waals surface area contributed by atoms with E-state index in [9.17, 15) is 14.7 Å². The lowest BCUT2D eigenvalue weighted by atomic mass is 9.74. The summed E-state index contributed by atoms with van der Waals surface area (Å²) in [5, 5.41) is 14.0. The van der Waals surface area contributed by atoms with E-state index in [-0.39, 0.29) is 36.6 Å². The van der Waals surface area contributed by atoms with Gasteiger partial charge in [0.15, 0.2) is 0 Å². The van der Waals surface area contributed by atoms with Crippen LogP contribution in [0.5, 0.6) is 0 Å². The number of nitrogens with one attached hydrogen (secondary N) is 1. The third kappa shape index (κ3) is 7.62. The van der Waals surface area contributed by atoms with Gasteiger partial charge >= 0.3 is 5.97 Å². The zero-order valence-corrected chi connectivity index (χ0v) is 33.0. The van der Waals surface area contributed by atoms with Crippen LogP contribution in [0.1, 0.15) is 78.0 Å². The highest BCUT2D eigenvalue weighted by Gasteiger charge is 2.76. The van der Waals surface area contributed by atoms with E-state index in [2.05, 4.69) is 42.0 Å². The van der Waals surface area contributed by atoms with E-state index in [4.69, 9.17) is 9.47 Å². The molecule has 284 valence electrons. The molecule has 1 spiro atoms. The number of carbonyl (C=O) groups excluding carboxylic acids is 4. The molecule has 2 fully saturated rings. The van der Waals surface area contributed by atoms with Crippen molar-refractivity contribution in [1.29, 1.82) is 0 Å². The number of nitrogens with zero attached hydrogens (tertiary/aromatic N) is 2. The van der Waals surface area contributed by atoms with Crippen LogP contribution in [0.4, 0.5) is 0 Å². The van der Waals surface area contributed by atoms with Gasteiger partial charge in [-0.3, -0.25) is 19.2 Å². The molecule has 0 aromatic heterocycles. The van der Waals surface area contributed by atoms with Crippen molar-refractivity contribution in [3.63, 3.8) is 0 Å². The van der Waals surface area contributed by atoms with E-state index in [0.29, 0.717) is 22.9 Å². The lowest BCUT2D eigenvalue weighted by Gasteiger charge is -2.46. The topological polar surface area (TPSA) is 125 Å². The number of allylic oxidation sites excluding steroid dienone is 1. The smallest absolute Gasteiger partial charge is 0.313 e. The molecule has 4 aliphatic heterocycles. The van der Waals surface area contributed by atoms with Crippen molar-refractivity contribution in [3.05, 3.63) is 94.5 Å². The minimum Gasteiger partial charge on any atom is -0.455 e. The number of esters is 1. The Bertz CT molecular complexity index is 1760. The fourth-order valence-corrected chi connectivity index (χ4v) is 9.87. The van der Waals surface area contributed by atoms with Crippen LogP contribution in [0.3, 0.4) is 0 Å². The van der Waals surface area contributed by atoms with E-state index in [0.717, 1.165) is 5.56 Å². The zero-order chi connectivity index (χ0) is 38.3. The minimum atomic E-state index is -1.51. The normalized spacial score (nSPS) is 30.8. The number of aliphatic hydroxyl groups is 1. The van der Waals surface area contributed by atoms with Gasteiger partial charge in [0, 0.05) is 23.0 Å². The summed E-state index contributed by atoms with van der Waals surface area (Å²) >= 11 is 3.66. The Balaban J connectivity index is 1.51. The van der Waals surface area contributed by atoms with Crippen molar-refractivity contribution < 1.29 is 33.8 Å². The van der Waals surface area contributed by atoms with Gasteiger partial charge in [0.1, 0.15) is 29.8 Å². The van der Waals surface area contributed by atoms with Crippen molar-refractivity contribution in [2.75, 3.05) is 13.2 Å². The number of aliphatic hydroxyl groups excluding tert-OH is 1. The Morgan fingerprint density at radius 3 is 2.25 bits per heavy atom. The summed E-state index contributed by atoms with van der Waals surface area (Å²) in [6.07, 6.45) is 5.44. The molecule has 53 heavy (non-hydrogen) atoms. The van der Waals surface area contributed by atoms with E-state index < -0.39 is 71.8 Å². The van der Waals surface area contributed by atoms with E-state index in [1.807, 2.05) is 86.7 Å². The molecular weight excluding hydrogens is 738 g/mol. The molecule has 2 aromatic carbocycles. The van der Waals surface area contributed by atoms with Gasteiger partial charge in [-0.1, -0.05) is 110 Å². The minimum absolute atomic E-state index is 0.155. The Labute approximate surface area is 321 Å². The van der Waals surface area contributed by atoms with E-state index >= 15 is 9.59 Å². The largest absolute Gasteiger partial charge is 0.455 e. The molecule has 8 atom stereocenters. The second-order valence-corrected chi connectivity index (χ2v) is 17.6. The lowest BCUT2D eigenvalue weighted by Crippen LogP contribution is -2.62. The summed E-state index contributed by atoms with van der Waals surface area (Å²) in [4.78, 5) is 61.7. The number of carbonyl (C=O) groups is 4. The summed E-state index contributed by atoms with van der Waals surface area (Å²) in [5.41, 5.74) is -0.778. The molecule has 0 aliphatic carbocycles. The van der Waals surface area contributed by atoms with Crippen molar-refractivity contribution in [2.45, 2.75) is 109 Å². The average molecular weight is 791 g/mol. The van der Waals surface area contributed by atoms with Gasteiger partial charge in [-0.2, -0.15) is 0 Å². The predicted octanol–water partition coefficient (Wildman–Crippen LogP) is 5.65. The molecule has 6 rings (SSSR count). The van der Waals surface area contributed by atoms with Crippen LogP contribution in [0, 0.1) is 17.3 Å². The summed E-state index contributed by atoms with van der Waals surface area (Å²) < 4.78 is 13.7. The van der Waals surface area contributed by atoms with Crippen molar-refractivity contribution in [3.8, 4) is 0 Å². The average Bonchev–Trinajstić information content (AvgIpc) is 3.69. The molecule has 0 radical (unpaired) electrons. The van der Waals surface area contributed by atoms with Gasteiger partial charge in [0.2, 0.25) is 17.7 Å². The first-order chi connectivity index (χ1) is 25.1. The molecule has 4 heterocycles. The van der Waals surface area contributed by atoms with Gasteiger partial charge in [-0.15, -0.1) is 0 Å². The van der Waals surface area contributed by atoms with Gasteiger partial charge in [-0.05, 0) is 62.7 Å². The molecule has 3 amide bonds. The number of amides is 3. The maximum atomic E-state index is 15.5. The highest BCUT2D eigenvalue weighted by atomic mass is 79.9. The molecule has 10 nitrogen and oxygen atoms in total. The zero-order valence-electron chi connectivity index (χ0n) is 31.5. The second kappa shape index (κ2) is 15.1. The molecular formula is C42H52BrN3O7. The molecule has 5 bridgehead atoms. The van der Waals surface area contributed by atoms with Crippen LogP contribution in [-0.2, 0) is 35.1 Å². The van der Waals surface area contributed by atoms with E-state index in [1.54, 1.807) is 17.9 Å².